The Kier molecular flexibility index (Phi) is 5.43. The Hall–Kier alpha value is -2.99. The lowest BCUT2D eigenvalue weighted by Crippen LogP contribution is -2.32. The number of nitrogens with one attached hydrogen (secondary N) is 1. The number of aromatic hydroxyl groups is 1. The molecule has 1 atom stereocenters. The molecule has 0 fully saturated rings. The van der Waals surface area contributed by atoms with Crippen molar-refractivity contribution >= 4 is 17.5 Å². The monoisotopic (exact) mass is 425 g/mol. The maximum absolute atomic E-state index is 13.2. The quantitative estimate of drug-likeness (QED) is 0.580. The van der Waals surface area contributed by atoms with Crippen LogP contribution in [0.2, 0.25) is 5.02 Å². The van der Waals surface area contributed by atoms with Crippen LogP contribution in [-0.2, 0) is 0 Å². The summed E-state index contributed by atoms with van der Waals surface area (Å²) >= 11 is 6.05. The van der Waals surface area contributed by atoms with Crippen molar-refractivity contribution in [2.24, 2.45) is 5.92 Å². The van der Waals surface area contributed by atoms with Gasteiger partial charge in [0, 0.05) is 22.7 Å². The highest BCUT2D eigenvalue weighted by Gasteiger charge is 2.42. The molecule has 0 bridgehead atoms. The topological polar surface area (TPSA) is 78.5 Å². The Morgan fingerprint density at radius 3 is 2.63 bits per heavy atom. The van der Waals surface area contributed by atoms with E-state index in [1.54, 1.807) is 12.1 Å². The molecule has 2 aromatic carbocycles. The molecule has 0 aliphatic carbocycles. The van der Waals surface area contributed by atoms with Gasteiger partial charge in [-0.1, -0.05) is 43.6 Å². The van der Waals surface area contributed by atoms with Gasteiger partial charge in [0.1, 0.15) is 5.69 Å². The molecule has 1 aromatic heterocycles. The van der Waals surface area contributed by atoms with Crippen molar-refractivity contribution in [1.29, 1.82) is 0 Å². The Bertz CT molecular complexity index is 1080. The zero-order valence-electron chi connectivity index (χ0n) is 17.1. The summed E-state index contributed by atoms with van der Waals surface area (Å²) in [5, 5.41) is 18.2. The molecule has 1 amide bonds. The summed E-state index contributed by atoms with van der Waals surface area (Å²) in [7, 11) is 0. The van der Waals surface area contributed by atoms with E-state index in [0.717, 1.165) is 22.4 Å². The standard InChI is InChI=1S/C23H24ClN3O3/c1-4-30-18-11-15(7-10-17(18)28)22-19-20(14-5-8-16(24)9-6-14)25-26-21(19)23(29)27(22)12-13(2)3/h5-11,13,22,28H,4,12H2,1-3H3,(H,25,26). The van der Waals surface area contributed by atoms with Crippen LogP contribution in [0.5, 0.6) is 11.5 Å². The SMILES string of the molecule is CCOc1cc(C2c3c(-c4ccc(Cl)cc4)n[nH]c3C(=O)N2CC(C)C)ccc1O. The number of ether oxygens (including phenoxy) is 1. The number of fused-ring (bicyclic) bond motifs is 1. The molecule has 1 aliphatic rings. The predicted molar refractivity (Wildman–Crippen MR) is 116 cm³/mol. The number of halogens is 1. The van der Waals surface area contributed by atoms with E-state index < -0.39 is 0 Å². The van der Waals surface area contributed by atoms with Crippen LogP contribution in [-0.4, -0.2) is 39.3 Å². The van der Waals surface area contributed by atoms with Crippen molar-refractivity contribution < 1.29 is 14.6 Å². The number of carbonyl (C=O) groups excluding carboxylic acids is 1. The highest BCUT2D eigenvalue weighted by molar-refractivity contribution is 6.30. The lowest BCUT2D eigenvalue weighted by molar-refractivity contribution is 0.0722. The zero-order chi connectivity index (χ0) is 21.4. The van der Waals surface area contributed by atoms with E-state index in [9.17, 15) is 9.90 Å². The summed E-state index contributed by atoms with van der Waals surface area (Å²) < 4.78 is 5.59. The number of phenols is 1. The van der Waals surface area contributed by atoms with E-state index in [-0.39, 0.29) is 23.6 Å². The number of aromatic amines is 1. The van der Waals surface area contributed by atoms with Gasteiger partial charge >= 0.3 is 0 Å². The Morgan fingerprint density at radius 2 is 1.97 bits per heavy atom. The maximum atomic E-state index is 13.2. The van der Waals surface area contributed by atoms with Crippen LogP contribution in [0.25, 0.3) is 11.3 Å². The number of amides is 1. The predicted octanol–water partition coefficient (Wildman–Crippen LogP) is 5.04. The van der Waals surface area contributed by atoms with Crippen LogP contribution in [0.3, 0.4) is 0 Å². The fraction of sp³-hybridized carbons (Fsp3) is 0.304. The smallest absolute Gasteiger partial charge is 0.273 e. The molecule has 0 radical (unpaired) electrons. The van der Waals surface area contributed by atoms with Crippen LogP contribution in [0.1, 0.15) is 48.4 Å². The summed E-state index contributed by atoms with van der Waals surface area (Å²) in [6.07, 6.45) is 0. The summed E-state index contributed by atoms with van der Waals surface area (Å²) in [6.45, 7) is 7.05. The van der Waals surface area contributed by atoms with E-state index in [4.69, 9.17) is 16.3 Å². The number of H-pyrrole nitrogens is 1. The molecule has 1 unspecified atom stereocenters. The largest absolute Gasteiger partial charge is 0.504 e. The van der Waals surface area contributed by atoms with Crippen molar-refractivity contribution in [1.82, 2.24) is 15.1 Å². The summed E-state index contributed by atoms with van der Waals surface area (Å²) in [6, 6.07) is 12.3. The molecule has 3 aromatic rings. The molecular formula is C23H24ClN3O3. The number of benzene rings is 2. The number of hydrogen-bond acceptors (Lipinski definition) is 4. The number of rotatable bonds is 6. The third-order valence-electron chi connectivity index (χ3n) is 5.14. The molecule has 1 aliphatic heterocycles. The van der Waals surface area contributed by atoms with Crippen molar-refractivity contribution in [3.63, 3.8) is 0 Å². The fourth-order valence-electron chi connectivity index (χ4n) is 3.92. The Labute approximate surface area is 180 Å². The van der Waals surface area contributed by atoms with Crippen LogP contribution < -0.4 is 4.74 Å². The van der Waals surface area contributed by atoms with E-state index in [1.165, 1.54) is 0 Å². The maximum Gasteiger partial charge on any atom is 0.273 e. The Balaban J connectivity index is 1.87. The van der Waals surface area contributed by atoms with Gasteiger partial charge in [-0.3, -0.25) is 9.89 Å². The minimum atomic E-state index is -0.334. The van der Waals surface area contributed by atoms with Gasteiger partial charge in [-0.25, -0.2) is 0 Å². The first kappa shape index (κ1) is 20.3. The summed E-state index contributed by atoms with van der Waals surface area (Å²) in [5.41, 5.74) is 3.79. The number of nitrogens with zero attached hydrogens (tertiary/aromatic N) is 2. The number of hydrogen-bond donors (Lipinski definition) is 2. The average Bonchev–Trinajstić information content (AvgIpc) is 3.24. The van der Waals surface area contributed by atoms with E-state index >= 15 is 0 Å². The number of aromatic nitrogens is 2. The number of carbonyl (C=O) groups is 1. The summed E-state index contributed by atoms with van der Waals surface area (Å²) in [4.78, 5) is 15.1. The first-order valence-electron chi connectivity index (χ1n) is 10.0. The second-order valence-electron chi connectivity index (χ2n) is 7.78. The average molecular weight is 426 g/mol. The van der Waals surface area contributed by atoms with Crippen LogP contribution >= 0.6 is 11.6 Å². The van der Waals surface area contributed by atoms with Crippen LogP contribution in [0.4, 0.5) is 0 Å². The van der Waals surface area contributed by atoms with Gasteiger partial charge in [0.15, 0.2) is 11.5 Å². The first-order chi connectivity index (χ1) is 14.4. The van der Waals surface area contributed by atoms with Crippen molar-refractivity contribution in [2.45, 2.75) is 26.8 Å². The Morgan fingerprint density at radius 1 is 1.23 bits per heavy atom. The van der Waals surface area contributed by atoms with E-state index in [2.05, 4.69) is 24.0 Å². The van der Waals surface area contributed by atoms with E-state index in [0.29, 0.717) is 29.6 Å². The third kappa shape index (κ3) is 3.52. The molecule has 6 nitrogen and oxygen atoms in total. The molecule has 0 spiro atoms. The molecule has 4 rings (SSSR count). The molecule has 2 heterocycles. The van der Waals surface area contributed by atoms with Crippen LogP contribution in [0.15, 0.2) is 42.5 Å². The van der Waals surface area contributed by atoms with Crippen molar-refractivity contribution in [3.8, 4) is 22.8 Å². The van der Waals surface area contributed by atoms with Gasteiger partial charge in [-0.05, 0) is 42.7 Å². The van der Waals surface area contributed by atoms with Crippen LogP contribution in [0, 0.1) is 5.92 Å². The van der Waals surface area contributed by atoms with Gasteiger partial charge in [0.05, 0.1) is 18.3 Å². The molecule has 0 saturated carbocycles. The van der Waals surface area contributed by atoms with Gasteiger partial charge in [-0.15, -0.1) is 0 Å². The summed E-state index contributed by atoms with van der Waals surface area (Å²) in [5.74, 6) is 0.681. The highest BCUT2D eigenvalue weighted by Crippen LogP contribution is 2.44. The zero-order valence-corrected chi connectivity index (χ0v) is 17.9. The first-order valence-corrected chi connectivity index (χ1v) is 10.4. The van der Waals surface area contributed by atoms with Gasteiger partial charge in [0.25, 0.3) is 5.91 Å². The second-order valence-corrected chi connectivity index (χ2v) is 8.22. The third-order valence-corrected chi connectivity index (χ3v) is 5.39. The lowest BCUT2D eigenvalue weighted by Gasteiger charge is -2.28. The molecule has 156 valence electrons. The van der Waals surface area contributed by atoms with Crippen molar-refractivity contribution in [2.75, 3.05) is 13.2 Å². The van der Waals surface area contributed by atoms with Crippen molar-refractivity contribution in [3.05, 3.63) is 64.3 Å². The van der Waals surface area contributed by atoms with Gasteiger partial charge < -0.3 is 14.7 Å². The van der Waals surface area contributed by atoms with E-state index in [1.807, 2.05) is 42.2 Å². The normalized spacial score (nSPS) is 15.7. The minimum Gasteiger partial charge on any atom is -0.504 e. The fourth-order valence-corrected chi connectivity index (χ4v) is 4.05. The van der Waals surface area contributed by atoms with Gasteiger partial charge in [0.2, 0.25) is 0 Å². The second kappa shape index (κ2) is 8.03. The molecule has 30 heavy (non-hydrogen) atoms. The molecule has 7 heteroatoms. The lowest BCUT2D eigenvalue weighted by atomic mass is 9.95. The number of phenolic OH excluding ortho intramolecular Hbond substituents is 1. The molecular weight excluding hydrogens is 402 g/mol. The molecule has 0 saturated heterocycles. The van der Waals surface area contributed by atoms with Gasteiger partial charge in [-0.2, -0.15) is 5.10 Å². The minimum absolute atomic E-state index is 0.0747. The highest BCUT2D eigenvalue weighted by atomic mass is 35.5. The molecule has 2 N–H and O–H groups in total.